The molecule has 0 fully saturated rings. The van der Waals surface area contributed by atoms with Crippen LogP contribution < -0.4 is 10.6 Å². The van der Waals surface area contributed by atoms with Gasteiger partial charge in [-0.05, 0) is 37.6 Å². The van der Waals surface area contributed by atoms with Crippen molar-refractivity contribution < 1.29 is 14.3 Å². The molecular weight excluding hydrogens is 312 g/mol. The van der Waals surface area contributed by atoms with Crippen LogP contribution in [0.2, 0.25) is 0 Å². The normalized spacial score (nSPS) is 11.8. The lowest BCUT2D eigenvalue weighted by Gasteiger charge is -2.14. The highest BCUT2D eigenvalue weighted by Crippen LogP contribution is 2.24. The fourth-order valence-corrected chi connectivity index (χ4v) is 3.04. The third-order valence-corrected chi connectivity index (χ3v) is 4.50. The van der Waals surface area contributed by atoms with Gasteiger partial charge in [-0.3, -0.25) is 9.59 Å². The van der Waals surface area contributed by atoms with Gasteiger partial charge in [-0.25, -0.2) is 0 Å². The Morgan fingerprint density at radius 3 is 2.48 bits per heavy atom. The van der Waals surface area contributed by atoms with Gasteiger partial charge in [0.25, 0.3) is 0 Å². The molecule has 23 heavy (non-hydrogen) atoms. The highest BCUT2D eigenvalue weighted by molar-refractivity contribution is 7.12. The van der Waals surface area contributed by atoms with E-state index in [2.05, 4.69) is 10.6 Å². The second-order valence-electron chi connectivity index (χ2n) is 5.15. The van der Waals surface area contributed by atoms with Gasteiger partial charge >= 0.3 is 11.8 Å². The van der Waals surface area contributed by atoms with E-state index in [1.165, 1.54) is 4.88 Å². The first-order valence-corrected chi connectivity index (χ1v) is 8.07. The number of hydrogen-bond acceptors (Lipinski definition) is 4. The number of carbonyl (C=O) groups excluding carboxylic acids is 2. The topological polar surface area (TPSA) is 67.4 Å². The number of thiophene rings is 1. The smallest absolute Gasteiger partial charge is 0.313 e. The van der Waals surface area contributed by atoms with Gasteiger partial charge < -0.3 is 15.4 Å². The van der Waals surface area contributed by atoms with Crippen LogP contribution in [0.3, 0.4) is 0 Å². The predicted molar refractivity (Wildman–Crippen MR) is 91.6 cm³/mol. The van der Waals surface area contributed by atoms with E-state index in [0.29, 0.717) is 5.69 Å². The first kappa shape index (κ1) is 17.2. The zero-order chi connectivity index (χ0) is 16.8. The lowest BCUT2D eigenvalue weighted by molar-refractivity contribution is -0.136. The van der Waals surface area contributed by atoms with Crippen molar-refractivity contribution in [3.8, 4) is 0 Å². The predicted octanol–water partition coefficient (Wildman–Crippen LogP) is 2.81. The first-order valence-electron chi connectivity index (χ1n) is 7.25. The molecule has 2 aromatic rings. The number of hydrogen-bond donors (Lipinski definition) is 2. The third kappa shape index (κ3) is 4.64. The summed E-state index contributed by atoms with van der Waals surface area (Å²) in [5.41, 5.74) is 1.53. The van der Waals surface area contributed by atoms with Crippen LogP contribution in [0.5, 0.6) is 0 Å². The minimum Gasteiger partial charge on any atom is -0.374 e. The van der Waals surface area contributed by atoms with Crippen LogP contribution in [0.25, 0.3) is 0 Å². The van der Waals surface area contributed by atoms with Crippen LogP contribution in [-0.4, -0.2) is 25.5 Å². The molecule has 0 radical (unpaired) electrons. The van der Waals surface area contributed by atoms with E-state index in [1.807, 2.05) is 38.1 Å². The van der Waals surface area contributed by atoms with Gasteiger partial charge in [-0.1, -0.05) is 18.2 Å². The average Bonchev–Trinajstić information content (AvgIpc) is 2.96. The summed E-state index contributed by atoms with van der Waals surface area (Å²) in [5, 5.41) is 5.22. The standard InChI is InChI=1S/C17H20N2O3S/c1-11-6-4-5-7-13(11)19-17(21)16(20)18-10-14(22-3)15-9-8-12(2)23-15/h4-9,14H,10H2,1-3H3,(H,18,20)(H,19,21). The number of para-hydroxylation sites is 1. The zero-order valence-corrected chi connectivity index (χ0v) is 14.2. The summed E-state index contributed by atoms with van der Waals surface area (Å²) in [6.45, 7) is 4.12. The van der Waals surface area contributed by atoms with Crippen LogP contribution in [0.1, 0.15) is 21.4 Å². The van der Waals surface area contributed by atoms with Crippen LogP contribution in [-0.2, 0) is 14.3 Å². The quantitative estimate of drug-likeness (QED) is 0.827. The van der Waals surface area contributed by atoms with Crippen LogP contribution in [0.4, 0.5) is 5.69 Å². The molecule has 1 heterocycles. The maximum Gasteiger partial charge on any atom is 0.313 e. The number of amides is 2. The Bertz CT molecular complexity index is 697. The molecule has 2 amide bonds. The molecule has 1 aromatic carbocycles. The monoisotopic (exact) mass is 332 g/mol. The minimum absolute atomic E-state index is 0.247. The van der Waals surface area contributed by atoms with E-state index in [4.69, 9.17) is 4.74 Å². The van der Waals surface area contributed by atoms with Gasteiger partial charge in [0.15, 0.2) is 0 Å². The molecule has 1 aromatic heterocycles. The number of methoxy groups -OCH3 is 1. The molecule has 6 heteroatoms. The first-order chi connectivity index (χ1) is 11.0. The van der Waals surface area contributed by atoms with E-state index < -0.39 is 11.8 Å². The van der Waals surface area contributed by atoms with Gasteiger partial charge in [0, 0.05) is 29.1 Å². The Kier molecular flexibility index (Phi) is 5.90. The maximum atomic E-state index is 11.9. The highest BCUT2D eigenvalue weighted by atomic mass is 32.1. The molecule has 2 N–H and O–H groups in total. The Balaban J connectivity index is 1.91. The van der Waals surface area contributed by atoms with Crippen molar-refractivity contribution in [1.82, 2.24) is 5.32 Å². The van der Waals surface area contributed by atoms with E-state index >= 15 is 0 Å². The lowest BCUT2D eigenvalue weighted by Crippen LogP contribution is -2.38. The summed E-state index contributed by atoms with van der Waals surface area (Å²) in [6.07, 6.45) is -0.260. The van der Waals surface area contributed by atoms with Crippen molar-refractivity contribution in [3.05, 3.63) is 51.7 Å². The van der Waals surface area contributed by atoms with Gasteiger partial charge in [0.1, 0.15) is 6.10 Å². The molecule has 0 aliphatic carbocycles. The van der Waals surface area contributed by atoms with Crippen LogP contribution in [0.15, 0.2) is 36.4 Å². The van der Waals surface area contributed by atoms with Gasteiger partial charge in [-0.2, -0.15) is 0 Å². The number of ether oxygens (including phenoxy) is 1. The molecule has 0 bridgehead atoms. The largest absolute Gasteiger partial charge is 0.374 e. The van der Waals surface area contributed by atoms with E-state index in [0.717, 1.165) is 10.4 Å². The Morgan fingerprint density at radius 1 is 1.13 bits per heavy atom. The molecule has 0 saturated heterocycles. The third-order valence-electron chi connectivity index (χ3n) is 3.41. The summed E-state index contributed by atoms with van der Waals surface area (Å²) in [7, 11) is 1.58. The summed E-state index contributed by atoms with van der Waals surface area (Å²) < 4.78 is 5.38. The minimum atomic E-state index is -0.684. The van der Waals surface area contributed by atoms with E-state index in [1.54, 1.807) is 30.6 Å². The van der Waals surface area contributed by atoms with E-state index in [-0.39, 0.29) is 12.6 Å². The summed E-state index contributed by atoms with van der Waals surface area (Å²) in [6, 6.07) is 11.3. The van der Waals surface area contributed by atoms with Gasteiger partial charge in [-0.15, -0.1) is 11.3 Å². The summed E-state index contributed by atoms with van der Waals surface area (Å²) >= 11 is 1.61. The number of carbonyl (C=O) groups is 2. The maximum absolute atomic E-state index is 11.9. The van der Waals surface area contributed by atoms with Crippen LogP contribution >= 0.6 is 11.3 Å². The fourth-order valence-electron chi connectivity index (χ4n) is 2.08. The van der Waals surface area contributed by atoms with Crippen molar-refractivity contribution in [2.45, 2.75) is 20.0 Å². The molecule has 0 aliphatic heterocycles. The molecule has 0 saturated carbocycles. The van der Waals surface area contributed by atoms with Crippen LogP contribution in [0, 0.1) is 13.8 Å². The van der Waals surface area contributed by atoms with E-state index in [9.17, 15) is 9.59 Å². The average molecular weight is 332 g/mol. The molecule has 0 spiro atoms. The molecule has 122 valence electrons. The Hall–Kier alpha value is -2.18. The van der Waals surface area contributed by atoms with Gasteiger partial charge in [0.2, 0.25) is 0 Å². The Labute approximate surface area is 139 Å². The molecule has 1 atom stereocenters. The van der Waals surface area contributed by atoms with Crippen molar-refractivity contribution in [2.75, 3.05) is 19.0 Å². The second-order valence-corrected chi connectivity index (χ2v) is 6.47. The fraction of sp³-hybridized carbons (Fsp3) is 0.294. The molecular formula is C17H20N2O3S. The number of benzene rings is 1. The molecule has 5 nitrogen and oxygen atoms in total. The SMILES string of the molecule is COC(CNC(=O)C(=O)Nc1ccccc1C)c1ccc(C)s1. The second kappa shape index (κ2) is 7.89. The molecule has 1 unspecified atom stereocenters. The number of nitrogens with one attached hydrogen (secondary N) is 2. The van der Waals surface area contributed by atoms with Gasteiger partial charge in [0.05, 0.1) is 0 Å². The zero-order valence-electron chi connectivity index (χ0n) is 13.4. The summed E-state index contributed by atoms with van der Waals surface area (Å²) in [4.78, 5) is 26.1. The molecule has 0 aliphatic rings. The Morgan fingerprint density at radius 2 is 1.87 bits per heavy atom. The summed E-state index contributed by atoms with van der Waals surface area (Å²) in [5.74, 6) is -1.36. The van der Waals surface area contributed by atoms with Crippen molar-refractivity contribution >= 4 is 28.8 Å². The molecule has 2 rings (SSSR count). The van der Waals surface area contributed by atoms with Crippen molar-refractivity contribution in [3.63, 3.8) is 0 Å². The number of anilines is 1. The lowest BCUT2D eigenvalue weighted by atomic mass is 10.2. The number of aryl methyl sites for hydroxylation is 2. The van der Waals surface area contributed by atoms with Crippen molar-refractivity contribution in [2.24, 2.45) is 0 Å². The van der Waals surface area contributed by atoms with Crippen molar-refractivity contribution in [1.29, 1.82) is 0 Å². The highest BCUT2D eigenvalue weighted by Gasteiger charge is 2.18. The number of rotatable bonds is 5.